The largest absolute Gasteiger partial charge is 0.531 e. The fraction of sp³-hybridized carbons (Fsp3) is 0.472. The Morgan fingerprint density at radius 3 is 1.33 bits per heavy atom. The second-order valence-corrected chi connectivity index (χ2v) is 19.6. The van der Waals surface area contributed by atoms with Crippen LogP contribution in [0.25, 0.3) is 0 Å². The zero-order valence-corrected chi connectivity index (χ0v) is 41.9. The summed E-state index contributed by atoms with van der Waals surface area (Å²) in [5.41, 5.74) is 1.74. The Labute approximate surface area is 426 Å². The number of nitrogens with one attached hydrogen (secondary N) is 2. The SMILES string of the molecule is CC(C)C[C@H](CC(=O)[C@H](Cc1ccccc1)NC(=O)c1cnccn1)B1OC(=O)C[C@H](C(=O)CCCCCC(=O)[C@H]2CC(=O)OB([C@@H](CC(=O)[C@H](Cc3ccccc3)NC(=O)c3cnccn3)CC(C)C)O2)O1. The molecule has 2 aromatic heterocycles. The summed E-state index contributed by atoms with van der Waals surface area (Å²) in [5.74, 6) is -4.75. The van der Waals surface area contributed by atoms with E-state index in [1.54, 1.807) is 0 Å². The van der Waals surface area contributed by atoms with Gasteiger partial charge in [-0.3, -0.25) is 48.3 Å². The molecule has 384 valence electrons. The molecule has 0 bridgehead atoms. The second kappa shape index (κ2) is 27.9. The Morgan fingerprint density at radius 2 is 0.973 bits per heavy atom. The highest BCUT2D eigenvalue weighted by molar-refractivity contribution is 6.50. The zero-order chi connectivity index (χ0) is 52.3. The minimum absolute atomic E-state index is 0.0512. The molecule has 4 aromatic rings. The molecule has 2 N–H and O–H groups in total. The van der Waals surface area contributed by atoms with Crippen molar-refractivity contribution in [2.45, 2.75) is 147 Å². The van der Waals surface area contributed by atoms with E-state index in [0.29, 0.717) is 32.1 Å². The van der Waals surface area contributed by atoms with E-state index >= 15 is 0 Å². The number of carbonyl (C=O) groups is 8. The van der Waals surface area contributed by atoms with Gasteiger partial charge in [-0.15, -0.1) is 0 Å². The summed E-state index contributed by atoms with van der Waals surface area (Å²) in [5, 5.41) is 5.62. The Hall–Kier alpha value is -6.79. The first-order chi connectivity index (χ1) is 35.1. The summed E-state index contributed by atoms with van der Waals surface area (Å²) in [4.78, 5) is 124. The van der Waals surface area contributed by atoms with E-state index in [0.717, 1.165) is 11.1 Å². The Balaban J connectivity index is 1.01. The zero-order valence-electron chi connectivity index (χ0n) is 41.9. The number of benzene rings is 2. The maximum Gasteiger partial charge on any atom is 0.531 e. The van der Waals surface area contributed by atoms with Crippen LogP contribution in [0, 0.1) is 11.8 Å². The normalized spacial score (nSPS) is 17.5. The smallest absolute Gasteiger partial charge is 0.509 e. The van der Waals surface area contributed by atoms with Gasteiger partial charge in [0.2, 0.25) is 0 Å². The number of nitrogens with zero attached hydrogens (tertiary/aromatic N) is 4. The van der Waals surface area contributed by atoms with Crippen molar-refractivity contribution < 1.29 is 57.0 Å². The van der Waals surface area contributed by atoms with Crippen molar-refractivity contribution >= 4 is 61.1 Å². The molecule has 0 radical (unpaired) electrons. The number of hydrogen-bond donors (Lipinski definition) is 2. The lowest BCUT2D eigenvalue weighted by Gasteiger charge is -2.32. The van der Waals surface area contributed by atoms with Crippen molar-refractivity contribution in [3.05, 3.63) is 120 Å². The molecule has 2 saturated heterocycles. The number of carbonyl (C=O) groups excluding carboxylic acids is 8. The molecular weight excluding hydrogens is 934 g/mol. The molecule has 0 spiro atoms. The van der Waals surface area contributed by atoms with E-state index in [1.807, 2.05) is 88.4 Å². The topological polar surface area (TPSA) is 249 Å². The van der Waals surface area contributed by atoms with Crippen molar-refractivity contribution in [3.8, 4) is 0 Å². The van der Waals surface area contributed by atoms with Gasteiger partial charge < -0.3 is 29.3 Å². The van der Waals surface area contributed by atoms with Crippen LogP contribution >= 0.6 is 0 Å². The van der Waals surface area contributed by atoms with Crippen LogP contribution in [0.5, 0.6) is 0 Å². The molecule has 73 heavy (non-hydrogen) atoms. The Kier molecular flexibility index (Phi) is 21.2. The molecule has 2 aromatic carbocycles. The van der Waals surface area contributed by atoms with Crippen LogP contribution in [0.3, 0.4) is 0 Å². The fourth-order valence-corrected chi connectivity index (χ4v) is 9.11. The maximum absolute atomic E-state index is 14.1. The minimum atomic E-state index is -1.18. The van der Waals surface area contributed by atoms with Crippen LogP contribution in [0.4, 0.5) is 0 Å². The number of hydrogen-bond acceptors (Lipinski definition) is 16. The van der Waals surface area contributed by atoms with Crippen LogP contribution in [-0.2, 0) is 60.2 Å². The number of amides is 2. The second-order valence-electron chi connectivity index (χ2n) is 19.6. The Bertz CT molecular complexity index is 2320. The van der Waals surface area contributed by atoms with Crippen molar-refractivity contribution in [1.82, 2.24) is 30.6 Å². The molecular formula is C53H64B2N6O12. The minimum Gasteiger partial charge on any atom is -0.509 e. The fourth-order valence-electron chi connectivity index (χ4n) is 9.11. The first-order valence-corrected chi connectivity index (χ1v) is 25.1. The van der Waals surface area contributed by atoms with Crippen LogP contribution < -0.4 is 10.6 Å². The lowest BCUT2D eigenvalue weighted by molar-refractivity contribution is -0.148. The van der Waals surface area contributed by atoms with Gasteiger partial charge in [-0.2, -0.15) is 0 Å². The molecule has 2 aliphatic rings. The summed E-state index contributed by atoms with van der Waals surface area (Å²) in [6.07, 6.45) is 7.90. The number of unbranched alkanes of at least 4 members (excludes halogenated alkanes) is 2. The summed E-state index contributed by atoms with van der Waals surface area (Å²) in [6, 6.07) is 16.6. The third-order valence-corrected chi connectivity index (χ3v) is 12.7. The van der Waals surface area contributed by atoms with Gasteiger partial charge in [0, 0.05) is 62.1 Å². The van der Waals surface area contributed by atoms with E-state index in [9.17, 15) is 38.4 Å². The standard InChI is InChI=1S/C53H64B2N6O12/c1-34(2)24-38(28-46(64)40(26-36-14-8-5-9-15-36)60-52(68)42-32-56-20-22-58-42)54-70-48(30-50(66)72-54)44(62)18-12-7-13-19-45(63)49-31-51(67)73-55(71-49)39(25-35(3)4)29-47(65)41(27-37-16-10-6-11-17-37)61-53(69)43-33-57-21-23-59-43/h5-6,8-11,14-17,20-23,32-35,38-41,48-49H,7,12-13,18-19,24-31H2,1-4H3,(H,60,68)(H,61,69)/t38-,39-,40+,41+,48-,49-/m1/s1. The van der Waals surface area contributed by atoms with Gasteiger partial charge in [-0.1, -0.05) is 94.8 Å². The molecule has 0 unspecified atom stereocenters. The first-order valence-electron chi connectivity index (χ1n) is 25.1. The molecule has 0 saturated carbocycles. The Morgan fingerprint density at radius 1 is 0.575 bits per heavy atom. The van der Waals surface area contributed by atoms with E-state index in [2.05, 4.69) is 30.6 Å². The predicted molar refractivity (Wildman–Crippen MR) is 268 cm³/mol. The van der Waals surface area contributed by atoms with Crippen LogP contribution in [0.1, 0.15) is 130 Å². The summed E-state index contributed by atoms with van der Waals surface area (Å²) >= 11 is 0. The number of rotatable bonds is 28. The van der Waals surface area contributed by atoms with Gasteiger partial charge in [0.05, 0.1) is 37.3 Å². The summed E-state index contributed by atoms with van der Waals surface area (Å²) < 4.78 is 23.6. The van der Waals surface area contributed by atoms with Gasteiger partial charge in [0.1, 0.15) is 23.6 Å². The number of Topliss-reactive ketones (excluding diaryl/α,β-unsaturated/α-hetero) is 4. The van der Waals surface area contributed by atoms with E-state index < -0.39 is 73.9 Å². The quantitative estimate of drug-likeness (QED) is 0.0480. The van der Waals surface area contributed by atoms with Crippen LogP contribution in [0.2, 0.25) is 11.6 Å². The third-order valence-electron chi connectivity index (χ3n) is 12.7. The van der Waals surface area contributed by atoms with Gasteiger partial charge >= 0.3 is 14.2 Å². The molecule has 6 atom stereocenters. The van der Waals surface area contributed by atoms with Crippen molar-refractivity contribution in [2.75, 3.05) is 0 Å². The van der Waals surface area contributed by atoms with Gasteiger partial charge in [-0.25, -0.2) is 9.97 Å². The van der Waals surface area contributed by atoms with E-state index in [4.69, 9.17) is 18.6 Å². The highest BCUT2D eigenvalue weighted by Crippen LogP contribution is 2.33. The molecule has 20 heteroatoms. The highest BCUT2D eigenvalue weighted by Gasteiger charge is 2.46. The first kappa shape index (κ1) is 55.5. The van der Waals surface area contributed by atoms with Crippen molar-refractivity contribution in [2.24, 2.45) is 11.8 Å². The monoisotopic (exact) mass is 998 g/mol. The summed E-state index contributed by atoms with van der Waals surface area (Å²) in [6.45, 7) is 7.84. The van der Waals surface area contributed by atoms with Crippen LogP contribution in [0.15, 0.2) is 97.8 Å². The van der Waals surface area contributed by atoms with Crippen molar-refractivity contribution in [1.29, 1.82) is 0 Å². The molecule has 2 aliphatic heterocycles. The van der Waals surface area contributed by atoms with Gasteiger partial charge in [-0.05, 0) is 61.5 Å². The van der Waals surface area contributed by atoms with Crippen molar-refractivity contribution in [3.63, 3.8) is 0 Å². The van der Waals surface area contributed by atoms with Crippen LogP contribution in [-0.4, -0.2) is 105 Å². The lowest BCUT2D eigenvalue weighted by atomic mass is 9.64. The number of ketones is 4. The average Bonchev–Trinajstić information content (AvgIpc) is 3.38. The molecule has 2 fully saturated rings. The maximum atomic E-state index is 14.1. The van der Waals surface area contributed by atoms with Gasteiger partial charge in [0.25, 0.3) is 23.8 Å². The number of aromatic nitrogens is 4. The molecule has 6 rings (SSSR count). The molecule has 0 aliphatic carbocycles. The molecule has 4 heterocycles. The lowest BCUT2D eigenvalue weighted by Crippen LogP contribution is -2.48. The highest BCUT2D eigenvalue weighted by atomic mass is 16.6. The van der Waals surface area contributed by atoms with E-state index in [1.165, 1.54) is 37.2 Å². The summed E-state index contributed by atoms with van der Waals surface area (Å²) in [7, 11) is -2.36. The average molecular weight is 999 g/mol. The predicted octanol–water partition coefficient (Wildman–Crippen LogP) is 6.13. The van der Waals surface area contributed by atoms with E-state index in [-0.39, 0.29) is 97.7 Å². The molecule has 18 nitrogen and oxygen atoms in total. The third kappa shape index (κ3) is 17.7. The molecule has 2 amide bonds. The van der Waals surface area contributed by atoms with Gasteiger partial charge in [0.15, 0.2) is 23.1 Å².